The second kappa shape index (κ2) is 5.52. The van der Waals surface area contributed by atoms with Gasteiger partial charge in [0.15, 0.2) is 0 Å². The SMILES string of the molecule is CC(C)(C)CC(=O)N1CCC2(CC1)NC(=O)[C@H]1CCCCN12. The number of nitrogens with one attached hydrogen (secondary N) is 1. The van der Waals surface area contributed by atoms with Crippen molar-refractivity contribution in [2.75, 3.05) is 19.6 Å². The van der Waals surface area contributed by atoms with Crippen LogP contribution >= 0.6 is 0 Å². The summed E-state index contributed by atoms with van der Waals surface area (Å²) >= 11 is 0. The zero-order valence-electron chi connectivity index (χ0n) is 14.2. The third-order valence-corrected chi connectivity index (χ3v) is 5.34. The summed E-state index contributed by atoms with van der Waals surface area (Å²) in [5.41, 5.74) is -0.146. The van der Waals surface area contributed by atoms with Crippen LogP contribution < -0.4 is 5.32 Å². The summed E-state index contributed by atoms with van der Waals surface area (Å²) in [5, 5.41) is 3.27. The Balaban J connectivity index is 1.64. The van der Waals surface area contributed by atoms with Crippen molar-refractivity contribution in [3.63, 3.8) is 0 Å². The van der Waals surface area contributed by atoms with Crippen molar-refractivity contribution in [1.29, 1.82) is 0 Å². The summed E-state index contributed by atoms with van der Waals surface area (Å²) in [7, 11) is 0. The van der Waals surface area contributed by atoms with Gasteiger partial charge in [0, 0.05) is 38.9 Å². The summed E-state index contributed by atoms with van der Waals surface area (Å²) in [6.07, 6.45) is 5.65. The molecule has 1 spiro atoms. The standard InChI is InChI=1S/C17H29N3O2/c1-16(2,3)12-14(21)19-10-7-17(8-11-19)18-15(22)13-6-4-5-9-20(13)17/h13H,4-12H2,1-3H3,(H,18,22)/t13-/m1/s1. The number of fused-ring (bicyclic) bond motifs is 2. The van der Waals surface area contributed by atoms with Gasteiger partial charge in [-0.25, -0.2) is 0 Å². The summed E-state index contributed by atoms with van der Waals surface area (Å²) in [5.74, 6) is 0.455. The average Bonchev–Trinajstić information content (AvgIpc) is 2.71. The van der Waals surface area contributed by atoms with Gasteiger partial charge in [-0.1, -0.05) is 27.2 Å². The van der Waals surface area contributed by atoms with E-state index >= 15 is 0 Å². The first kappa shape index (κ1) is 15.8. The molecule has 0 saturated carbocycles. The van der Waals surface area contributed by atoms with Crippen LogP contribution in [0.5, 0.6) is 0 Å². The molecule has 0 aromatic carbocycles. The minimum Gasteiger partial charge on any atom is -0.342 e. The molecule has 3 aliphatic rings. The van der Waals surface area contributed by atoms with Gasteiger partial charge in [0.1, 0.15) is 0 Å². The molecule has 5 heteroatoms. The van der Waals surface area contributed by atoms with Crippen LogP contribution in [0, 0.1) is 5.41 Å². The van der Waals surface area contributed by atoms with E-state index in [4.69, 9.17) is 0 Å². The molecular weight excluding hydrogens is 278 g/mol. The molecule has 1 atom stereocenters. The molecule has 0 unspecified atom stereocenters. The Bertz CT molecular complexity index is 461. The fourth-order valence-electron chi connectivity index (χ4n) is 4.20. The Hall–Kier alpha value is -1.10. The van der Waals surface area contributed by atoms with Crippen molar-refractivity contribution in [1.82, 2.24) is 15.1 Å². The molecule has 5 nitrogen and oxygen atoms in total. The van der Waals surface area contributed by atoms with Crippen LogP contribution in [0.1, 0.15) is 59.3 Å². The normalized spacial score (nSPS) is 28.6. The monoisotopic (exact) mass is 307 g/mol. The maximum Gasteiger partial charge on any atom is 0.238 e. The molecule has 124 valence electrons. The van der Waals surface area contributed by atoms with Gasteiger partial charge in [-0.2, -0.15) is 0 Å². The van der Waals surface area contributed by atoms with E-state index in [1.165, 1.54) is 6.42 Å². The molecule has 3 fully saturated rings. The quantitative estimate of drug-likeness (QED) is 0.802. The van der Waals surface area contributed by atoms with Crippen LogP contribution in [0.4, 0.5) is 0 Å². The molecule has 0 radical (unpaired) electrons. The minimum atomic E-state index is -0.180. The molecule has 2 amide bonds. The summed E-state index contributed by atoms with van der Waals surface area (Å²) in [6, 6.07) is 0.0746. The highest BCUT2D eigenvalue weighted by Gasteiger charge is 2.52. The fraction of sp³-hybridized carbons (Fsp3) is 0.882. The Labute approximate surface area is 133 Å². The lowest BCUT2D eigenvalue weighted by molar-refractivity contribution is -0.136. The van der Waals surface area contributed by atoms with Crippen molar-refractivity contribution in [3.8, 4) is 0 Å². The number of nitrogens with zero attached hydrogens (tertiary/aromatic N) is 2. The van der Waals surface area contributed by atoms with Gasteiger partial charge in [0.25, 0.3) is 0 Å². The van der Waals surface area contributed by atoms with Gasteiger partial charge in [0.05, 0.1) is 11.7 Å². The first-order valence-corrected chi connectivity index (χ1v) is 8.67. The number of carbonyl (C=O) groups is 2. The van der Waals surface area contributed by atoms with E-state index in [0.717, 1.165) is 45.3 Å². The molecule has 22 heavy (non-hydrogen) atoms. The average molecular weight is 307 g/mol. The van der Waals surface area contributed by atoms with Crippen molar-refractivity contribution < 1.29 is 9.59 Å². The van der Waals surface area contributed by atoms with Crippen LogP contribution in [0.3, 0.4) is 0 Å². The van der Waals surface area contributed by atoms with E-state index in [-0.39, 0.29) is 28.9 Å². The maximum atomic E-state index is 12.4. The fourth-order valence-corrected chi connectivity index (χ4v) is 4.20. The van der Waals surface area contributed by atoms with Crippen LogP contribution in [0.25, 0.3) is 0 Å². The summed E-state index contributed by atoms with van der Waals surface area (Å²) in [6.45, 7) is 8.85. The van der Waals surface area contributed by atoms with E-state index in [0.29, 0.717) is 6.42 Å². The van der Waals surface area contributed by atoms with E-state index in [2.05, 4.69) is 31.0 Å². The Morgan fingerprint density at radius 1 is 1.23 bits per heavy atom. The third-order valence-electron chi connectivity index (χ3n) is 5.34. The molecule has 0 bridgehead atoms. The van der Waals surface area contributed by atoms with Crippen molar-refractivity contribution in [2.45, 2.75) is 71.0 Å². The first-order chi connectivity index (χ1) is 10.3. The Morgan fingerprint density at radius 2 is 1.91 bits per heavy atom. The summed E-state index contributed by atoms with van der Waals surface area (Å²) < 4.78 is 0. The zero-order valence-corrected chi connectivity index (χ0v) is 14.2. The molecule has 3 aliphatic heterocycles. The van der Waals surface area contributed by atoms with E-state index < -0.39 is 0 Å². The lowest BCUT2D eigenvalue weighted by Gasteiger charge is -2.46. The van der Waals surface area contributed by atoms with Crippen LogP contribution in [0.2, 0.25) is 0 Å². The largest absolute Gasteiger partial charge is 0.342 e. The van der Waals surface area contributed by atoms with Gasteiger partial charge in [0.2, 0.25) is 11.8 Å². The van der Waals surface area contributed by atoms with Crippen LogP contribution in [-0.4, -0.2) is 53.0 Å². The van der Waals surface area contributed by atoms with Crippen LogP contribution in [-0.2, 0) is 9.59 Å². The van der Waals surface area contributed by atoms with E-state index in [9.17, 15) is 9.59 Å². The smallest absolute Gasteiger partial charge is 0.238 e. The third kappa shape index (κ3) is 2.87. The minimum absolute atomic E-state index is 0.0335. The number of carbonyl (C=O) groups excluding carboxylic acids is 2. The molecule has 1 N–H and O–H groups in total. The van der Waals surface area contributed by atoms with Gasteiger partial charge in [-0.3, -0.25) is 14.5 Å². The Morgan fingerprint density at radius 3 is 2.55 bits per heavy atom. The molecular formula is C17H29N3O2. The van der Waals surface area contributed by atoms with Gasteiger partial charge >= 0.3 is 0 Å². The number of hydrogen-bond acceptors (Lipinski definition) is 3. The molecule has 0 aromatic heterocycles. The zero-order chi connectivity index (χ0) is 16.0. The first-order valence-electron chi connectivity index (χ1n) is 8.67. The predicted octanol–water partition coefficient (Wildman–Crippen LogP) is 1.73. The maximum absolute atomic E-state index is 12.4. The molecule has 0 aliphatic carbocycles. The molecule has 3 saturated heterocycles. The number of hydrogen-bond donors (Lipinski definition) is 1. The second-order valence-electron chi connectivity index (χ2n) is 8.34. The van der Waals surface area contributed by atoms with E-state index in [1.54, 1.807) is 0 Å². The van der Waals surface area contributed by atoms with Crippen molar-refractivity contribution in [3.05, 3.63) is 0 Å². The number of amides is 2. The van der Waals surface area contributed by atoms with Gasteiger partial charge in [-0.05, 0) is 18.3 Å². The number of piperidine rings is 2. The summed E-state index contributed by atoms with van der Waals surface area (Å²) in [4.78, 5) is 29.0. The van der Waals surface area contributed by atoms with Gasteiger partial charge < -0.3 is 10.2 Å². The highest BCUT2D eigenvalue weighted by molar-refractivity contribution is 5.85. The number of rotatable bonds is 1. The highest BCUT2D eigenvalue weighted by atomic mass is 16.2. The van der Waals surface area contributed by atoms with Crippen LogP contribution in [0.15, 0.2) is 0 Å². The Kier molecular flexibility index (Phi) is 3.96. The topological polar surface area (TPSA) is 52.7 Å². The molecule has 3 rings (SSSR count). The van der Waals surface area contributed by atoms with Gasteiger partial charge in [-0.15, -0.1) is 0 Å². The number of likely N-dealkylation sites (tertiary alicyclic amines) is 1. The predicted molar refractivity (Wildman–Crippen MR) is 85.1 cm³/mol. The lowest BCUT2D eigenvalue weighted by Crippen LogP contribution is -2.60. The van der Waals surface area contributed by atoms with Crippen molar-refractivity contribution in [2.24, 2.45) is 5.41 Å². The highest BCUT2D eigenvalue weighted by Crippen LogP contribution is 2.37. The second-order valence-corrected chi connectivity index (χ2v) is 8.34. The molecule has 0 aromatic rings. The van der Waals surface area contributed by atoms with E-state index in [1.807, 2.05) is 4.90 Å². The van der Waals surface area contributed by atoms with Crippen molar-refractivity contribution >= 4 is 11.8 Å². The molecule has 3 heterocycles. The lowest BCUT2D eigenvalue weighted by atomic mass is 9.89.